The summed E-state index contributed by atoms with van der Waals surface area (Å²) >= 11 is 3.96. The van der Waals surface area contributed by atoms with Gasteiger partial charge in [-0.2, -0.15) is 0 Å². The van der Waals surface area contributed by atoms with Gasteiger partial charge in [0.05, 0.1) is 0 Å². The van der Waals surface area contributed by atoms with Crippen LogP contribution in [-0.4, -0.2) is 3.21 Å². The second-order valence-electron chi connectivity index (χ2n) is 14.9. The van der Waals surface area contributed by atoms with Crippen LogP contribution in [0.3, 0.4) is 0 Å². The van der Waals surface area contributed by atoms with Crippen molar-refractivity contribution in [3.8, 4) is 11.1 Å². The van der Waals surface area contributed by atoms with E-state index in [0.29, 0.717) is 3.63 Å². The minimum atomic E-state index is -2.77. The summed E-state index contributed by atoms with van der Waals surface area (Å²) < 4.78 is 3.58. The molecule has 0 N–H and O–H groups in total. The van der Waals surface area contributed by atoms with Gasteiger partial charge in [0.15, 0.2) is 0 Å². The number of hydrogen-bond donors (Lipinski definition) is 0. The maximum absolute atomic E-state index is 6.73. The van der Waals surface area contributed by atoms with E-state index in [9.17, 15) is 0 Å². The number of halogens is 1. The fraction of sp³-hybridized carbons (Fsp3) is 0.310. The van der Waals surface area contributed by atoms with Crippen LogP contribution in [0.25, 0.3) is 11.1 Å². The van der Waals surface area contributed by atoms with Crippen LogP contribution < -0.4 is 0 Å². The number of aryl methyl sites for hydroxylation is 3. The zero-order chi connectivity index (χ0) is 31.6. The summed E-state index contributed by atoms with van der Waals surface area (Å²) in [5, 5.41) is 0.803. The Morgan fingerprint density at radius 3 is 1.75 bits per heavy atom. The van der Waals surface area contributed by atoms with Crippen LogP contribution in [0, 0.1) is 20.8 Å². The van der Waals surface area contributed by atoms with Gasteiger partial charge in [-0.3, -0.25) is 0 Å². The third-order valence-corrected chi connectivity index (χ3v) is 18.0. The molecular formula is C42H45ClZr. The van der Waals surface area contributed by atoms with Crippen molar-refractivity contribution in [3.63, 3.8) is 0 Å². The van der Waals surface area contributed by atoms with Gasteiger partial charge >= 0.3 is 280 Å². The monoisotopic (exact) mass is 674 g/mol. The van der Waals surface area contributed by atoms with Gasteiger partial charge in [-0.05, 0) is 0 Å². The molecule has 0 heterocycles. The predicted octanol–water partition coefficient (Wildman–Crippen LogP) is 11.7. The molecule has 2 aliphatic carbocycles. The predicted molar refractivity (Wildman–Crippen MR) is 188 cm³/mol. The number of hydrogen-bond acceptors (Lipinski definition) is 0. The molecule has 0 nitrogen and oxygen atoms in total. The molecule has 44 heavy (non-hydrogen) atoms. The summed E-state index contributed by atoms with van der Waals surface area (Å²) in [6.45, 7) is 20.9. The fourth-order valence-electron chi connectivity index (χ4n) is 7.48. The molecule has 2 heteroatoms. The standard InChI is InChI=1S/C23H29.C14H11Cl.C5H5.Zr/c1-14-9-16-11-17-10-15(2)21(23(6,7)8)13-19(17)18(16)12-20(14)22(3,4)5;1-11-5-7-12(8-6-11)9-13-3-2-4-14(15)10-13;1-2-4-5-3-1;/h9-13H,1-8H3;2-8,10H,1H3;1-3H,4H2;. The van der Waals surface area contributed by atoms with E-state index >= 15 is 0 Å². The van der Waals surface area contributed by atoms with Gasteiger partial charge in [-0.15, -0.1) is 0 Å². The number of fused-ring (bicyclic) bond motifs is 3. The van der Waals surface area contributed by atoms with Crippen molar-refractivity contribution in [2.45, 2.75) is 83.2 Å². The molecule has 0 unspecified atom stereocenters. The van der Waals surface area contributed by atoms with Crippen molar-refractivity contribution in [2.24, 2.45) is 0 Å². The van der Waals surface area contributed by atoms with E-state index in [2.05, 4.69) is 147 Å². The van der Waals surface area contributed by atoms with Crippen LogP contribution in [0.2, 0.25) is 5.02 Å². The zero-order valence-electron chi connectivity index (χ0n) is 27.8. The molecule has 224 valence electrons. The molecule has 0 bridgehead atoms. The SMILES string of the molecule is Cc1ccc([C](c2cccc(Cl)c2)=[Zr]([C]2=CC=CC2)[CH]2c3cc(C)c(C(C)(C)C)cc3-c3cc(C(C)(C)C)c(C)cc32)cc1. The van der Waals surface area contributed by atoms with E-state index in [-0.39, 0.29) is 10.8 Å². The van der Waals surface area contributed by atoms with E-state index in [0.717, 1.165) is 11.4 Å². The fourth-order valence-corrected chi connectivity index (χ4v) is 16.6. The van der Waals surface area contributed by atoms with Gasteiger partial charge in [-0.25, -0.2) is 0 Å². The van der Waals surface area contributed by atoms with E-state index < -0.39 is 21.3 Å². The first-order valence-corrected chi connectivity index (χ1v) is 20.2. The zero-order valence-corrected chi connectivity index (χ0v) is 31.0. The van der Waals surface area contributed by atoms with Gasteiger partial charge in [0.2, 0.25) is 0 Å². The van der Waals surface area contributed by atoms with Crippen molar-refractivity contribution in [1.29, 1.82) is 0 Å². The van der Waals surface area contributed by atoms with Gasteiger partial charge in [0.1, 0.15) is 0 Å². The van der Waals surface area contributed by atoms with Crippen molar-refractivity contribution in [3.05, 3.63) is 149 Å². The molecule has 0 aliphatic heterocycles. The van der Waals surface area contributed by atoms with Crippen LogP contribution in [-0.2, 0) is 32.1 Å². The van der Waals surface area contributed by atoms with Crippen LogP contribution in [0.1, 0.15) is 102 Å². The van der Waals surface area contributed by atoms with Crippen molar-refractivity contribution in [2.75, 3.05) is 0 Å². The van der Waals surface area contributed by atoms with Crippen molar-refractivity contribution < 1.29 is 21.3 Å². The topological polar surface area (TPSA) is 0 Å². The minimum absolute atomic E-state index is 0.0778. The normalized spacial score (nSPS) is 15.3. The Balaban J connectivity index is 1.77. The van der Waals surface area contributed by atoms with E-state index in [4.69, 9.17) is 11.6 Å². The average Bonchev–Trinajstić information content (AvgIpc) is 3.57. The summed E-state index contributed by atoms with van der Waals surface area (Å²) in [6.07, 6.45) is 8.15. The Labute approximate surface area is 278 Å². The average molecular weight is 676 g/mol. The van der Waals surface area contributed by atoms with E-state index in [1.807, 2.05) is 6.07 Å². The third kappa shape index (κ3) is 5.76. The Morgan fingerprint density at radius 2 is 1.27 bits per heavy atom. The van der Waals surface area contributed by atoms with Gasteiger partial charge in [-0.1, -0.05) is 0 Å². The van der Waals surface area contributed by atoms with Gasteiger partial charge < -0.3 is 0 Å². The second-order valence-corrected chi connectivity index (χ2v) is 21.6. The Kier molecular flexibility index (Phi) is 8.31. The number of allylic oxidation sites excluding steroid dienone is 4. The molecule has 0 amide bonds. The van der Waals surface area contributed by atoms with Gasteiger partial charge in [0, 0.05) is 0 Å². The molecule has 0 atom stereocenters. The van der Waals surface area contributed by atoms with Crippen LogP contribution >= 0.6 is 11.6 Å². The van der Waals surface area contributed by atoms with Gasteiger partial charge in [0.25, 0.3) is 0 Å². The molecule has 2 aliphatic rings. The van der Waals surface area contributed by atoms with Crippen molar-refractivity contribution >= 4 is 14.8 Å². The third-order valence-electron chi connectivity index (χ3n) is 9.45. The van der Waals surface area contributed by atoms with Crippen LogP contribution in [0.5, 0.6) is 0 Å². The van der Waals surface area contributed by atoms with Crippen LogP contribution in [0.15, 0.2) is 94.3 Å². The second kappa shape index (κ2) is 11.6. The van der Waals surface area contributed by atoms with E-state index in [1.165, 1.54) is 61.2 Å². The number of rotatable bonds is 4. The summed E-state index contributed by atoms with van der Waals surface area (Å²) in [5.74, 6) is 0. The molecule has 4 aromatic carbocycles. The molecule has 0 saturated heterocycles. The summed E-state index contributed by atoms with van der Waals surface area (Å²) in [6, 6.07) is 28.1. The Hall–Kier alpha value is -2.60. The first-order valence-electron chi connectivity index (χ1n) is 16.0. The quantitative estimate of drug-likeness (QED) is 0.202. The van der Waals surface area contributed by atoms with Crippen molar-refractivity contribution in [1.82, 2.24) is 0 Å². The molecule has 0 saturated carbocycles. The summed E-state index contributed by atoms with van der Waals surface area (Å²) in [7, 11) is 0. The molecule has 4 aromatic rings. The molecule has 0 aromatic heterocycles. The molecule has 0 radical (unpaired) electrons. The number of benzene rings is 4. The first kappa shape index (κ1) is 31.4. The molecular weight excluding hydrogens is 631 g/mol. The molecule has 0 fully saturated rings. The summed E-state index contributed by atoms with van der Waals surface area (Å²) in [4.78, 5) is 0. The van der Waals surface area contributed by atoms with E-state index in [1.54, 1.807) is 6.49 Å². The van der Waals surface area contributed by atoms with Crippen LogP contribution in [0.4, 0.5) is 0 Å². The first-order chi connectivity index (χ1) is 20.7. The maximum atomic E-state index is 6.73. The Bertz CT molecular complexity index is 1800. The summed E-state index contributed by atoms with van der Waals surface area (Å²) in [5.41, 5.74) is 15.7. The molecule has 6 rings (SSSR count). The Morgan fingerprint density at radius 1 is 0.705 bits per heavy atom. The molecule has 0 spiro atoms.